The first-order valence-corrected chi connectivity index (χ1v) is 5.36. The maximum Gasteiger partial charge on any atom is 0.161 e. The summed E-state index contributed by atoms with van der Waals surface area (Å²) in [7, 11) is 3.27. The van der Waals surface area contributed by atoms with Crippen molar-refractivity contribution in [1.82, 2.24) is 0 Å². The lowest BCUT2D eigenvalue weighted by atomic mass is 9.96. The molecule has 4 nitrogen and oxygen atoms in total. The fraction of sp³-hybridized carbons (Fsp3) is 0.500. The van der Waals surface area contributed by atoms with Crippen molar-refractivity contribution in [3.05, 3.63) is 23.3 Å². The summed E-state index contributed by atoms with van der Waals surface area (Å²) < 4.78 is 16.2. The Kier molecular flexibility index (Phi) is 3.31. The summed E-state index contributed by atoms with van der Waals surface area (Å²) in [6.45, 7) is 1.20. The highest BCUT2D eigenvalue weighted by Gasteiger charge is 2.22. The Morgan fingerprint density at radius 3 is 2.62 bits per heavy atom. The van der Waals surface area contributed by atoms with E-state index in [9.17, 15) is 0 Å². The van der Waals surface area contributed by atoms with Gasteiger partial charge in [0.1, 0.15) is 0 Å². The Hall–Kier alpha value is -1.26. The molecule has 0 saturated heterocycles. The third-order valence-electron chi connectivity index (χ3n) is 2.90. The Balaban J connectivity index is 2.46. The van der Waals surface area contributed by atoms with Crippen molar-refractivity contribution in [2.45, 2.75) is 12.5 Å². The van der Waals surface area contributed by atoms with Gasteiger partial charge < -0.3 is 19.9 Å². The molecule has 2 rings (SSSR count). The summed E-state index contributed by atoms with van der Waals surface area (Å²) in [5.74, 6) is 1.49. The molecule has 0 bridgehead atoms. The van der Waals surface area contributed by atoms with Gasteiger partial charge in [0.05, 0.1) is 26.9 Å². The maximum atomic E-state index is 5.68. The van der Waals surface area contributed by atoms with Crippen LogP contribution < -0.4 is 15.2 Å². The number of benzene rings is 1. The Morgan fingerprint density at radius 1 is 1.31 bits per heavy atom. The highest BCUT2D eigenvalue weighted by Crippen LogP contribution is 2.36. The Labute approximate surface area is 95.3 Å². The summed E-state index contributed by atoms with van der Waals surface area (Å²) in [5.41, 5.74) is 8.04. The first-order chi connectivity index (χ1) is 7.80. The molecule has 1 aliphatic rings. The van der Waals surface area contributed by atoms with Crippen LogP contribution in [0.3, 0.4) is 0 Å². The molecule has 1 aliphatic heterocycles. The molecule has 0 spiro atoms. The van der Waals surface area contributed by atoms with Crippen molar-refractivity contribution in [3.8, 4) is 11.5 Å². The topological polar surface area (TPSA) is 53.7 Å². The molecule has 0 saturated carbocycles. The predicted octanol–water partition coefficient (Wildman–Crippen LogP) is 1.28. The lowest BCUT2D eigenvalue weighted by Crippen LogP contribution is -2.23. The summed E-state index contributed by atoms with van der Waals surface area (Å²) in [4.78, 5) is 0. The van der Waals surface area contributed by atoms with E-state index in [-0.39, 0.29) is 6.10 Å². The van der Waals surface area contributed by atoms with Crippen LogP contribution in [0.25, 0.3) is 0 Å². The molecule has 1 unspecified atom stereocenters. The van der Waals surface area contributed by atoms with Crippen molar-refractivity contribution in [2.24, 2.45) is 5.73 Å². The molecule has 0 amide bonds. The van der Waals surface area contributed by atoms with Gasteiger partial charge in [0.25, 0.3) is 0 Å². The molecule has 88 valence electrons. The van der Waals surface area contributed by atoms with Gasteiger partial charge >= 0.3 is 0 Å². The van der Waals surface area contributed by atoms with Gasteiger partial charge in [-0.25, -0.2) is 0 Å². The number of ether oxygens (including phenoxy) is 3. The monoisotopic (exact) mass is 223 g/mol. The van der Waals surface area contributed by atoms with E-state index in [4.69, 9.17) is 19.9 Å². The number of methoxy groups -OCH3 is 2. The molecule has 0 aromatic heterocycles. The quantitative estimate of drug-likeness (QED) is 0.838. The van der Waals surface area contributed by atoms with E-state index in [0.29, 0.717) is 13.2 Å². The largest absolute Gasteiger partial charge is 0.493 e. The van der Waals surface area contributed by atoms with Crippen molar-refractivity contribution < 1.29 is 14.2 Å². The molecule has 4 heteroatoms. The second-order valence-electron chi connectivity index (χ2n) is 3.75. The van der Waals surface area contributed by atoms with Crippen molar-refractivity contribution in [3.63, 3.8) is 0 Å². The molecular weight excluding hydrogens is 206 g/mol. The van der Waals surface area contributed by atoms with Crippen molar-refractivity contribution in [2.75, 3.05) is 27.4 Å². The molecule has 0 fully saturated rings. The number of hydrogen-bond acceptors (Lipinski definition) is 4. The summed E-state index contributed by atoms with van der Waals surface area (Å²) in [6, 6.07) is 3.98. The minimum atomic E-state index is -0.0245. The van der Waals surface area contributed by atoms with Crippen LogP contribution in [-0.4, -0.2) is 27.4 Å². The SMILES string of the molecule is COc1cc2c(cc1OC)C(CN)OCC2. The standard InChI is InChI=1S/C12H17NO3/c1-14-10-5-8-3-4-16-12(7-13)9(8)6-11(10)15-2/h5-6,12H,3-4,7,13H2,1-2H3. The van der Waals surface area contributed by atoms with E-state index in [0.717, 1.165) is 23.5 Å². The Bertz CT molecular complexity index is 379. The molecule has 0 aliphatic carbocycles. The molecule has 16 heavy (non-hydrogen) atoms. The van der Waals surface area contributed by atoms with Crippen LogP contribution in [0.5, 0.6) is 11.5 Å². The van der Waals surface area contributed by atoms with Crippen LogP contribution in [-0.2, 0) is 11.2 Å². The van der Waals surface area contributed by atoms with E-state index in [1.807, 2.05) is 12.1 Å². The first kappa shape index (κ1) is 11.2. The molecule has 1 aromatic carbocycles. The average Bonchev–Trinajstić information content (AvgIpc) is 2.36. The van der Waals surface area contributed by atoms with Gasteiger partial charge in [-0.1, -0.05) is 0 Å². The normalized spacial score (nSPS) is 19.1. The van der Waals surface area contributed by atoms with Crippen LogP contribution in [0.1, 0.15) is 17.2 Å². The number of fused-ring (bicyclic) bond motifs is 1. The lowest BCUT2D eigenvalue weighted by Gasteiger charge is -2.26. The predicted molar refractivity (Wildman–Crippen MR) is 61.0 cm³/mol. The third-order valence-corrected chi connectivity index (χ3v) is 2.90. The van der Waals surface area contributed by atoms with Crippen LogP contribution in [0.4, 0.5) is 0 Å². The molecule has 1 atom stereocenters. The van der Waals surface area contributed by atoms with E-state index in [2.05, 4.69) is 0 Å². The van der Waals surface area contributed by atoms with E-state index >= 15 is 0 Å². The number of nitrogens with two attached hydrogens (primary N) is 1. The van der Waals surface area contributed by atoms with Crippen LogP contribution in [0.15, 0.2) is 12.1 Å². The van der Waals surface area contributed by atoms with Gasteiger partial charge in [0.2, 0.25) is 0 Å². The van der Waals surface area contributed by atoms with Crippen molar-refractivity contribution >= 4 is 0 Å². The second kappa shape index (κ2) is 4.72. The minimum absolute atomic E-state index is 0.0245. The number of rotatable bonds is 3. The summed E-state index contributed by atoms with van der Waals surface area (Å²) >= 11 is 0. The van der Waals surface area contributed by atoms with Crippen LogP contribution >= 0.6 is 0 Å². The van der Waals surface area contributed by atoms with Gasteiger partial charge in [-0.2, -0.15) is 0 Å². The van der Waals surface area contributed by atoms with Crippen LogP contribution in [0.2, 0.25) is 0 Å². The van der Waals surface area contributed by atoms with Gasteiger partial charge in [-0.05, 0) is 29.7 Å². The Morgan fingerprint density at radius 2 is 2.00 bits per heavy atom. The molecule has 1 aromatic rings. The van der Waals surface area contributed by atoms with Gasteiger partial charge in [-0.3, -0.25) is 0 Å². The van der Waals surface area contributed by atoms with Gasteiger partial charge in [-0.15, -0.1) is 0 Å². The zero-order valence-corrected chi connectivity index (χ0v) is 9.66. The van der Waals surface area contributed by atoms with E-state index < -0.39 is 0 Å². The maximum absolute atomic E-state index is 5.68. The molecule has 0 radical (unpaired) electrons. The lowest BCUT2D eigenvalue weighted by molar-refractivity contribution is 0.0482. The van der Waals surface area contributed by atoms with E-state index in [1.54, 1.807) is 14.2 Å². The number of hydrogen-bond donors (Lipinski definition) is 1. The zero-order chi connectivity index (χ0) is 11.5. The summed E-state index contributed by atoms with van der Waals surface area (Å²) in [6.07, 6.45) is 0.871. The molecular formula is C12H17NO3. The van der Waals surface area contributed by atoms with Crippen molar-refractivity contribution in [1.29, 1.82) is 0 Å². The fourth-order valence-electron chi connectivity index (χ4n) is 2.05. The highest BCUT2D eigenvalue weighted by molar-refractivity contribution is 5.49. The third kappa shape index (κ3) is 1.86. The fourth-order valence-corrected chi connectivity index (χ4v) is 2.05. The van der Waals surface area contributed by atoms with Gasteiger partial charge in [0.15, 0.2) is 11.5 Å². The average molecular weight is 223 g/mol. The smallest absolute Gasteiger partial charge is 0.161 e. The van der Waals surface area contributed by atoms with Crippen LogP contribution in [0, 0.1) is 0 Å². The van der Waals surface area contributed by atoms with E-state index in [1.165, 1.54) is 5.56 Å². The second-order valence-corrected chi connectivity index (χ2v) is 3.75. The summed E-state index contributed by atoms with van der Waals surface area (Å²) in [5, 5.41) is 0. The van der Waals surface area contributed by atoms with Gasteiger partial charge in [0, 0.05) is 6.54 Å². The molecule has 1 heterocycles. The highest BCUT2D eigenvalue weighted by atomic mass is 16.5. The minimum Gasteiger partial charge on any atom is -0.493 e. The molecule has 2 N–H and O–H groups in total. The zero-order valence-electron chi connectivity index (χ0n) is 9.66. The first-order valence-electron chi connectivity index (χ1n) is 5.36.